The highest BCUT2D eigenvalue weighted by atomic mass is 19.1. The standard InChI is InChI=1S/C15H22FN3O/c1-2-9-17-12-6-5-10-19(11-12)15(20)18-14-8-4-3-7-13(14)16/h3-4,7-8,12,17H,2,5-6,9-11H2,1H3,(H,18,20). The van der Waals surface area contributed by atoms with E-state index in [0.29, 0.717) is 12.6 Å². The number of nitrogens with zero attached hydrogens (tertiary/aromatic N) is 1. The van der Waals surface area contributed by atoms with Gasteiger partial charge in [-0.25, -0.2) is 9.18 Å². The number of urea groups is 1. The van der Waals surface area contributed by atoms with Crippen molar-refractivity contribution in [3.63, 3.8) is 0 Å². The maximum absolute atomic E-state index is 13.5. The molecule has 4 nitrogen and oxygen atoms in total. The predicted molar refractivity (Wildman–Crippen MR) is 78.3 cm³/mol. The lowest BCUT2D eigenvalue weighted by Gasteiger charge is -2.33. The lowest BCUT2D eigenvalue weighted by molar-refractivity contribution is 0.185. The lowest BCUT2D eigenvalue weighted by Crippen LogP contribution is -2.49. The molecular weight excluding hydrogens is 257 g/mol. The van der Waals surface area contributed by atoms with E-state index < -0.39 is 5.82 Å². The molecule has 1 aliphatic heterocycles. The first-order valence-electron chi connectivity index (χ1n) is 7.24. The zero-order valence-corrected chi connectivity index (χ0v) is 11.9. The fraction of sp³-hybridized carbons (Fsp3) is 0.533. The van der Waals surface area contributed by atoms with Gasteiger partial charge in [0.05, 0.1) is 5.69 Å². The Bertz CT molecular complexity index is 452. The largest absolute Gasteiger partial charge is 0.323 e. The highest BCUT2D eigenvalue weighted by Crippen LogP contribution is 2.15. The third-order valence-electron chi connectivity index (χ3n) is 3.51. The van der Waals surface area contributed by atoms with Crippen LogP contribution in [-0.4, -0.2) is 36.6 Å². The highest BCUT2D eigenvalue weighted by molar-refractivity contribution is 5.89. The van der Waals surface area contributed by atoms with Crippen LogP contribution in [0.1, 0.15) is 26.2 Å². The van der Waals surface area contributed by atoms with E-state index in [4.69, 9.17) is 0 Å². The molecule has 1 unspecified atom stereocenters. The average Bonchev–Trinajstić information content (AvgIpc) is 2.48. The van der Waals surface area contributed by atoms with E-state index in [1.54, 1.807) is 23.1 Å². The van der Waals surface area contributed by atoms with Crippen LogP contribution in [0.25, 0.3) is 0 Å². The summed E-state index contributed by atoms with van der Waals surface area (Å²) < 4.78 is 13.5. The van der Waals surface area contributed by atoms with Gasteiger partial charge in [-0.05, 0) is 37.9 Å². The summed E-state index contributed by atoms with van der Waals surface area (Å²) in [7, 11) is 0. The number of benzene rings is 1. The monoisotopic (exact) mass is 279 g/mol. The van der Waals surface area contributed by atoms with E-state index in [1.165, 1.54) is 6.07 Å². The number of carbonyl (C=O) groups excluding carboxylic acids is 1. The summed E-state index contributed by atoms with van der Waals surface area (Å²) in [5.41, 5.74) is 0.237. The van der Waals surface area contributed by atoms with Crippen molar-refractivity contribution in [1.82, 2.24) is 10.2 Å². The molecule has 1 atom stereocenters. The van der Waals surface area contributed by atoms with Crippen LogP contribution < -0.4 is 10.6 Å². The summed E-state index contributed by atoms with van der Waals surface area (Å²) in [5.74, 6) is -0.404. The second kappa shape index (κ2) is 7.24. The first kappa shape index (κ1) is 14.8. The molecule has 1 aliphatic rings. The number of halogens is 1. The first-order valence-corrected chi connectivity index (χ1v) is 7.24. The number of nitrogens with one attached hydrogen (secondary N) is 2. The van der Waals surface area contributed by atoms with Crippen LogP contribution in [0.3, 0.4) is 0 Å². The molecule has 0 aromatic heterocycles. The zero-order valence-electron chi connectivity index (χ0n) is 11.9. The number of rotatable bonds is 4. The predicted octanol–water partition coefficient (Wildman–Crippen LogP) is 2.82. The van der Waals surface area contributed by atoms with Gasteiger partial charge in [-0.15, -0.1) is 0 Å². The van der Waals surface area contributed by atoms with Gasteiger partial charge in [0.2, 0.25) is 0 Å². The van der Waals surface area contributed by atoms with Crippen LogP contribution >= 0.6 is 0 Å². The molecule has 5 heteroatoms. The van der Waals surface area contributed by atoms with Crippen molar-refractivity contribution in [1.29, 1.82) is 0 Å². The Morgan fingerprint density at radius 2 is 2.25 bits per heavy atom. The Hall–Kier alpha value is -1.62. The summed E-state index contributed by atoms with van der Waals surface area (Å²) in [6.45, 7) is 4.50. The van der Waals surface area contributed by atoms with Gasteiger partial charge in [0.25, 0.3) is 0 Å². The van der Waals surface area contributed by atoms with Gasteiger partial charge in [0.15, 0.2) is 0 Å². The minimum Gasteiger partial charge on any atom is -0.323 e. The number of hydrogen-bond donors (Lipinski definition) is 2. The Labute approximate surface area is 119 Å². The first-order chi connectivity index (χ1) is 9.70. The van der Waals surface area contributed by atoms with Gasteiger partial charge < -0.3 is 15.5 Å². The van der Waals surface area contributed by atoms with Gasteiger partial charge in [-0.2, -0.15) is 0 Å². The van der Waals surface area contributed by atoms with Crippen molar-refractivity contribution < 1.29 is 9.18 Å². The van der Waals surface area contributed by atoms with Crippen molar-refractivity contribution in [3.05, 3.63) is 30.1 Å². The third-order valence-corrected chi connectivity index (χ3v) is 3.51. The number of hydrogen-bond acceptors (Lipinski definition) is 2. The summed E-state index contributed by atoms with van der Waals surface area (Å²) >= 11 is 0. The minimum atomic E-state index is -0.404. The fourth-order valence-corrected chi connectivity index (χ4v) is 2.43. The number of amides is 2. The van der Waals surface area contributed by atoms with Crippen molar-refractivity contribution in [2.75, 3.05) is 25.0 Å². The molecule has 2 amide bonds. The summed E-state index contributed by atoms with van der Waals surface area (Å²) in [4.78, 5) is 13.9. The topological polar surface area (TPSA) is 44.4 Å². The SMILES string of the molecule is CCCNC1CCCN(C(=O)Nc2ccccc2F)C1. The molecule has 1 saturated heterocycles. The van der Waals surface area contributed by atoms with E-state index in [-0.39, 0.29) is 11.7 Å². The second-order valence-electron chi connectivity index (χ2n) is 5.15. The maximum atomic E-state index is 13.5. The maximum Gasteiger partial charge on any atom is 0.321 e. The van der Waals surface area contributed by atoms with Gasteiger partial charge in [-0.3, -0.25) is 0 Å². The van der Waals surface area contributed by atoms with Gasteiger partial charge in [0, 0.05) is 19.1 Å². The molecule has 0 saturated carbocycles. The van der Waals surface area contributed by atoms with Crippen molar-refractivity contribution >= 4 is 11.7 Å². The van der Waals surface area contributed by atoms with Crippen LogP contribution in [0, 0.1) is 5.82 Å². The van der Waals surface area contributed by atoms with Crippen LogP contribution in [0.15, 0.2) is 24.3 Å². The number of para-hydroxylation sites is 1. The summed E-state index contributed by atoms with van der Waals surface area (Å²) in [6.07, 6.45) is 3.15. The molecule has 110 valence electrons. The number of anilines is 1. The molecule has 2 N–H and O–H groups in total. The number of piperidine rings is 1. The van der Waals surface area contributed by atoms with Crippen molar-refractivity contribution in [2.24, 2.45) is 0 Å². The molecule has 1 heterocycles. The van der Waals surface area contributed by atoms with E-state index in [0.717, 1.165) is 32.4 Å². The molecular formula is C15H22FN3O. The highest BCUT2D eigenvalue weighted by Gasteiger charge is 2.23. The number of likely N-dealkylation sites (tertiary alicyclic amines) is 1. The van der Waals surface area contributed by atoms with Crippen molar-refractivity contribution in [3.8, 4) is 0 Å². The minimum absolute atomic E-state index is 0.224. The van der Waals surface area contributed by atoms with Gasteiger partial charge in [-0.1, -0.05) is 19.1 Å². The third kappa shape index (κ3) is 3.93. The lowest BCUT2D eigenvalue weighted by atomic mass is 10.1. The molecule has 1 aromatic rings. The molecule has 0 aliphatic carbocycles. The Morgan fingerprint density at radius 3 is 3.00 bits per heavy atom. The summed E-state index contributed by atoms with van der Waals surface area (Å²) in [6, 6.07) is 6.35. The van der Waals surface area contributed by atoms with Gasteiger partial charge >= 0.3 is 6.03 Å². The molecule has 0 radical (unpaired) electrons. The van der Waals surface area contributed by atoms with Crippen LogP contribution in [-0.2, 0) is 0 Å². The summed E-state index contributed by atoms with van der Waals surface area (Å²) in [5, 5.41) is 6.08. The van der Waals surface area contributed by atoms with E-state index in [1.807, 2.05) is 0 Å². The fourth-order valence-electron chi connectivity index (χ4n) is 2.43. The van der Waals surface area contributed by atoms with Crippen LogP contribution in [0.5, 0.6) is 0 Å². The zero-order chi connectivity index (χ0) is 14.4. The molecule has 0 bridgehead atoms. The molecule has 1 aromatic carbocycles. The molecule has 1 fully saturated rings. The second-order valence-corrected chi connectivity index (χ2v) is 5.15. The van der Waals surface area contributed by atoms with Gasteiger partial charge in [0.1, 0.15) is 5.82 Å². The van der Waals surface area contributed by atoms with E-state index in [9.17, 15) is 9.18 Å². The Morgan fingerprint density at radius 1 is 1.45 bits per heavy atom. The van der Waals surface area contributed by atoms with E-state index >= 15 is 0 Å². The Balaban J connectivity index is 1.90. The molecule has 2 rings (SSSR count). The number of carbonyl (C=O) groups is 1. The quantitative estimate of drug-likeness (QED) is 0.890. The molecule has 0 spiro atoms. The normalized spacial score (nSPS) is 18.9. The molecule has 20 heavy (non-hydrogen) atoms. The Kier molecular flexibility index (Phi) is 5.35. The van der Waals surface area contributed by atoms with Crippen molar-refractivity contribution in [2.45, 2.75) is 32.2 Å². The average molecular weight is 279 g/mol. The van der Waals surface area contributed by atoms with Crippen LogP contribution in [0.2, 0.25) is 0 Å². The van der Waals surface area contributed by atoms with Crippen LogP contribution in [0.4, 0.5) is 14.9 Å². The smallest absolute Gasteiger partial charge is 0.321 e. The van der Waals surface area contributed by atoms with E-state index in [2.05, 4.69) is 17.6 Å².